The number of hydrogen-bond acceptors (Lipinski definition) is 6. The predicted molar refractivity (Wildman–Crippen MR) is 71.7 cm³/mol. The van der Waals surface area contributed by atoms with Crippen molar-refractivity contribution >= 4 is 27.6 Å². The van der Waals surface area contributed by atoms with Gasteiger partial charge in [0.05, 0.1) is 23.4 Å². The molecule has 0 spiro atoms. The van der Waals surface area contributed by atoms with Crippen LogP contribution in [-0.2, 0) is 4.74 Å². The number of nitro groups is 1. The molecule has 0 aliphatic heterocycles. The Morgan fingerprint density at radius 2 is 2.30 bits per heavy atom. The predicted octanol–water partition coefficient (Wildman–Crippen LogP) is 2.11. The fraction of sp³-hybridized carbons (Fsp3) is 0.182. The number of halogens is 1. The van der Waals surface area contributed by atoms with E-state index in [0.717, 1.165) is 6.20 Å². The molecule has 0 aromatic carbocycles. The van der Waals surface area contributed by atoms with Crippen molar-refractivity contribution in [3.63, 3.8) is 0 Å². The Kier molecular flexibility index (Phi) is 4.08. The van der Waals surface area contributed by atoms with Crippen molar-refractivity contribution < 1.29 is 14.5 Å². The number of hydrogen-bond donors (Lipinski definition) is 0. The molecule has 8 nitrogen and oxygen atoms in total. The molecule has 0 aliphatic rings. The molecule has 0 aliphatic carbocycles. The number of ether oxygens (including phenoxy) is 1. The highest BCUT2D eigenvalue weighted by atomic mass is 79.9. The van der Waals surface area contributed by atoms with Crippen LogP contribution in [0, 0.1) is 10.1 Å². The van der Waals surface area contributed by atoms with E-state index >= 15 is 0 Å². The molecule has 2 aromatic rings. The second kappa shape index (κ2) is 5.78. The summed E-state index contributed by atoms with van der Waals surface area (Å²) in [7, 11) is 0. The van der Waals surface area contributed by atoms with Gasteiger partial charge in [0.2, 0.25) is 5.69 Å². The van der Waals surface area contributed by atoms with E-state index in [1.807, 2.05) is 0 Å². The Bertz CT molecular complexity index is 653. The maximum absolute atomic E-state index is 11.6. The Balaban J connectivity index is 2.46. The second-order valence-corrected chi connectivity index (χ2v) is 4.44. The van der Waals surface area contributed by atoms with Crippen LogP contribution in [0.1, 0.15) is 17.4 Å². The van der Waals surface area contributed by atoms with Crippen LogP contribution in [0.2, 0.25) is 0 Å². The normalized spacial score (nSPS) is 10.3. The number of esters is 1. The molecular weight excluding hydrogens is 332 g/mol. The lowest BCUT2D eigenvalue weighted by Gasteiger charge is -1.99. The first-order valence-electron chi connectivity index (χ1n) is 5.56. The monoisotopic (exact) mass is 340 g/mol. The number of rotatable bonds is 4. The van der Waals surface area contributed by atoms with Crippen LogP contribution >= 0.6 is 15.9 Å². The molecule has 0 atom stereocenters. The van der Waals surface area contributed by atoms with Gasteiger partial charge < -0.3 is 4.74 Å². The van der Waals surface area contributed by atoms with Crippen LogP contribution in [0.5, 0.6) is 0 Å². The zero-order valence-electron chi connectivity index (χ0n) is 10.3. The van der Waals surface area contributed by atoms with Gasteiger partial charge in [-0.2, -0.15) is 5.10 Å². The number of carbonyl (C=O) groups is 1. The van der Waals surface area contributed by atoms with Crippen molar-refractivity contribution in [3.05, 3.63) is 44.9 Å². The first kappa shape index (κ1) is 14.1. The second-order valence-electron chi connectivity index (χ2n) is 3.62. The SMILES string of the molecule is CCOC(=O)c1nn(-c2ccc(Br)nc2)cc1[N+](=O)[O-]. The molecular formula is C11H9BrN4O4. The average molecular weight is 341 g/mol. The fourth-order valence-electron chi connectivity index (χ4n) is 1.48. The minimum atomic E-state index is -0.831. The highest BCUT2D eigenvalue weighted by Crippen LogP contribution is 2.20. The molecule has 2 rings (SSSR count). The van der Waals surface area contributed by atoms with Crippen LogP contribution in [0.25, 0.3) is 5.69 Å². The lowest BCUT2D eigenvalue weighted by Crippen LogP contribution is -2.08. The first-order valence-corrected chi connectivity index (χ1v) is 6.35. The van der Waals surface area contributed by atoms with E-state index < -0.39 is 16.6 Å². The van der Waals surface area contributed by atoms with Gasteiger partial charge in [0.25, 0.3) is 0 Å². The molecule has 0 bridgehead atoms. The van der Waals surface area contributed by atoms with E-state index in [4.69, 9.17) is 4.74 Å². The summed E-state index contributed by atoms with van der Waals surface area (Å²) in [5.41, 5.74) is -0.252. The van der Waals surface area contributed by atoms with Crippen LogP contribution in [0.4, 0.5) is 5.69 Å². The zero-order valence-corrected chi connectivity index (χ0v) is 11.9. The number of carbonyl (C=O) groups excluding carboxylic acids is 1. The summed E-state index contributed by atoms with van der Waals surface area (Å²) in [6.07, 6.45) is 2.62. The molecule has 0 N–H and O–H groups in total. The van der Waals surface area contributed by atoms with Gasteiger partial charge in [-0.15, -0.1) is 0 Å². The average Bonchev–Trinajstić information content (AvgIpc) is 2.85. The largest absolute Gasteiger partial charge is 0.461 e. The summed E-state index contributed by atoms with van der Waals surface area (Å²) in [4.78, 5) is 25.9. The summed E-state index contributed by atoms with van der Waals surface area (Å²) in [6.45, 7) is 1.72. The molecule has 0 unspecified atom stereocenters. The molecule has 104 valence electrons. The maximum Gasteiger partial charge on any atom is 0.366 e. The number of nitrogens with zero attached hydrogens (tertiary/aromatic N) is 4. The first-order chi connectivity index (χ1) is 9.52. The summed E-state index contributed by atoms with van der Waals surface area (Å²) in [5, 5.41) is 14.8. The van der Waals surface area contributed by atoms with Gasteiger partial charge in [0.15, 0.2) is 0 Å². The molecule has 0 saturated heterocycles. The quantitative estimate of drug-likeness (QED) is 0.365. The van der Waals surface area contributed by atoms with Crippen molar-refractivity contribution in [2.75, 3.05) is 6.61 Å². The van der Waals surface area contributed by atoms with Gasteiger partial charge in [-0.3, -0.25) is 10.1 Å². The maximum atomic E-state index is 11.6. The van der Waals surface area contributed by atoms with Gasteiger partial charge in [-0.25, -0.2) is 14.5 Å². The molecule has 20 heavy (non-hydrogen) atoms. The highest BCUT2D eigenvalue weighted by molar-refractivity contribution is 9.10. The van der Waals surface area contributed by atoms with Crippen LogP contribution in [0.15, 0.2) is 29.1 Å². The van der Waals surface area contributed by atoms with E-state index in [9.17, 15) is 14.9 Å². The Labute approximate surface area is 121 Å². The molecule has 2 heterocycles. The summed E-state index contributed by atoms with van der Waals surface area (Å²) in [5.74, 6) is -0.831. The molecule has 0 radical (unpaired) electrons. The van der Waals surface area contributed by atoms with E-state index in [0.29, 0.717) is 10.3 Å². The van der Waals surface area contributed by atoms with Gasteiger partial charge in [0, 0.05) is 0 Å². The third-order valence-electron chi connectivity index (χ3n) is 2.34. The van der Waals surface area contributed by atoms with Gasteiger partial charge in [-0.1, -0.05) is 0 Å². The minimum absolute atomic E-state index is 0.114. The van der Waals surface area contributed by atoms with Gasteiger partial charge >= 0.3 is 11.7 Å². The Morgan fingerprint density at radius 3 is 2.85 bits per heavy atom. The van der Waals surface area contributed by atoms with Gasteiger partial charge in [-0.05, 0) is 35.0 Å². The number of pyridine rings is 1. The minimum Gasteiger partial charge on any atom is -0.461 e. The molecule has 0 amide bonds. The van der Waals surface area contributed by atoms with Crippen molar-refractivity contribution in [1.29, 1.82) is 0 Å². The standard InChI is InChI=1S/C11H9BrN4O4/c1-2-20-11(17)10-8(16(18)19)6-15(14-10)7-3-4-9(12)13-5-7/h3-6H,2H2,1H3. The smallest absolute Gasteiger partial charge is 0.366 e. The van der Waals surface area contributed by atoms with Crippen molar-refractivity contribution in [3.8, 4) is 5.69 Å². The van der Waals surface area contributed by atoms with E-state index in [-0.39, 0.29) is 12.3 Å². The van der Waals surface area contributed by atoms with E-state index in [2.05, 4.69) is 26.0 Å². The molecule has 2 aromatic heterocycles. The lowest BCUT2D eigenvalue weighted by molar-refractivity contribution is -0.385. The summed E-state index contributed by atoms with van der Waals surface area (Å²) < 4.78 is 6.58. The summed E-state index contributed by atoms with van der Waals surface area (Å²) >= 11 is 3.18. The van der Waals surface area contributed by atoms with Crippen LogP contribution < -0.4 is 0 Å². The molecule has 9 heteroatoms. The summed E-state index contributed by atoms with van der Waals surface area (Å²) in [6, 6.07) is 3.32. The van der Waals surface area contributed by atoms with Gasteiger partial charge in [0.1, 0.15) is 10.8 Å². The van der Waals surface area contributed by atoms with Crippen LogP contribution in [0.3, 0.4) is 0 Å². The zero-order chi connectivity index (χ0) is 14.7. The Morgan fingerprint density at radius 1 is 1.55 bits per heavy atom. The van der Waals surface area contributed by atoms with Crippen molar-refractivity contribution in [2.45, 2.75) is 6.92 Å². The topological polar surface area (TPSA) is 100 Å². The Hall–Kier alpha value is -2.29. The number of aromatic nitrogens is 3. The van der Waals surface area contributed by atoms with Crippen molar-refractivity contribution in [2.24, 2.45) is 0 Å². The fourth-order valence-corrected chi connectivity index (χ4v) is 1.71. The third kappa shape index (κ3) is 2.82. The van der Waals surface area contributed by atoms with E-state index in [1.54, 1.807) is 19.1 Å². The molecule has 0 saturated carbocycles. The highest BCUT2D eigenvalue weighted by Gasteiger charge is 2.27. The lowest BCUT2D eigenvalue weighted by atomic mass is 10.4. The molecule has 0 fully saturated rings. The van der Waals surface area contributed by atoms with Crippen molar-refractivity contribution in [1.82, 2.24) is 14.8 Å². The van der Waals surface area contributed by atoms with Crippen LogP contribution in [-0.4, -0.2) is 32.3 Å². The third-order valence-corrected chi connectivity index (χ3v) is 2.81. The van der Waals surface area contributed by atoms with E-state index in [1.165, 1.54) is 10.9 Å².